The van der Waals surface area contributed by atoms with Crippen LogP contribution in [0.15, 0.2) is 0 Å². The van der Waals surface area contributed by atoms with Crippen LogP contribution < -0.4 is 5.73 Å². The van der Waals surface area contributed by atoms with Gasteiger partial charge >= 0.3 is 0 Å². The number of hydrogen-bond acceptors (Lipinski definition) is 2. The van der Waals surface area contributed by atoms with Gasteiger partial charge in [0.2, 0.25) is 0 Å². The van der Waals surface area contributed by atoms with Gasteiger partial charge < -0.3 is 5.73 Å². The van der Waals surface area contributed by atoms with Gasteiger partial charge in [-0.05, 0) is 44.6 Å². The van der Waals surface area contributed by atoms with Crippen molar-refractivity contribution in [2.75, 3.05) is 13.1 Å². The zero-order valence-corrected chi connectivity index (χ0v) is 12.5. The predicted molar refractivity (Wildman–Crippen MR) is 78.7 cm³/mol. The highest BCUT2D eigenvalue weighted by molar-refractivity contribution is 5.00. The molecule has 1 saturated carbocycles. The largest absolute Gasteiger partial charge is 0.329 e. The number of nitrogens with zero attached hydrogens (tertiary/aromatic N) is 1. The van der Waals surface area contributed by atoms with Gasteiger partial charge in [-0.3, -0.25) is 4.90 Å². The molecule has 106 valence electrons. The van der Waals surface area contributed by atoms with Crippen LogP contribution in [0.2, 0.25) is 0 Å². The van der Waals surface area contributed by atoms with Crippen molar-refractivity contribution in [3.05, 3.63) is 0 Å². The summed E-state index contributed by atoms with van der Waals surface area (Å²) in [4.78, 5) is 2.84. The monoisotopic (exact) mass is 252 g/mol. The smallest absolute Gasteiger partial charge is 0.0332 e. The maximum atomic E-state index is 6.22. The van der Waals surface area contributed by atoms with Crippen molar-refractivity contribution in [2.24, 2.45) is 11.7 Å². The molecule has 3 unspecified atom stereocenters. The standard InChI is InChI=1S/C16H32N2/c1-3-5-11-16(4-2,13-17)18-12-10-14-8-6-7-9-15(14)18/h14-15H,3-13,17H2,1-2H3. The van der Waals surface area contributed by atoms with Crippen LogP contribution in [0.4, 0.5) is 0 Å². The first kappa shape index (κ1) is 14.3. The second kappa shape index (κ2) is 6.38. The maximum absolute atomic E-state index is 6.22. The van der Waals surface area contributed by atoms with E-state index in [1.54, 1.807) is 0 Å². The highest BCUT2D eigenvalue weighted by Gasteiger charge is 2.44. The van der Waals surface area contributed by atoms with Crippen LogP contribution in [-0.2, 0) is 0 Å². The molecule has 2 N–H and O–H groups in total. The molecule has 1 aliphatic carbocycles. The molecule has 2 aliphatic rings. The summed E-state index contributed by atoms with van der Waals surface area (Å²) in [5.41, 5.74) is 6.53. The van der Waals surface area contributed by atoms with Crippen LogP contribution in [-0.4, -0.2) is 29.6 Å². The summed E-state index contributed by atoms with van der Waals surface area (Å²) in [6.07, 6.45) is 12.4. The van der Waals surface area contributed by atoms with Crippen molar-refractivity contribution in [3.8, 4) is 0 Å². The van der Waals surface area contributed by atoms with Crippen molar-refractivity contribution in [3.63, 3.8) is 0 Å². The molecule has 1 saturated heterocycles. The average Bonchev–Trinajstić information content (AvgIpc) is 2.86. The first-order chi connectivity index (χ1) is 8.77. The summed E-state index contributed by atoms with van der Waals surface area (Å²) >= 11 is 0. The van der Waals surface area contributed by atoms with Gasteiger partial charge in [0.15, 0.2) is 0 Å². The number of unbranched alkanes of at least 4 members (excludes halogenated alkanes) is 1. The molecule has 0 amide bonds. The van der Waals surface area contributed by atoms with E-state index in [0.29, 0.717) is 5.54 Å². The molecule has 18 heavy (non-hydrogen) atoms. The molecule has 2 fully saturated rings. The fourth-order valence-electron chi connectivity index (χ4n) is 4.39. The molecule has 0 bridgehead atoms. The number of hydrogen-bond donors (Lipinski definition) is 1. The molecule has 0 radical (unpaired) electrons. The van der Waals surface area contributed by atoms with Gasteiger partial charge in [0.1, 0.15) is 0 Å². The van der Waals surface area contributed by atoms with Gasteiger partial charge in [-0.1, -0.05) is 39.5 Å². The van der Waals surface area contributed by atoms with Crippen LogP contribution >= 0.6 is 0 Å². The minimum Gasteiger partial charge on any atom is -0.329 e. The Balaban J connectivity index is 2.09. The minimum absolute atomic E-state index is 0.312. The molecule has 2 rings (SSSR count). The summed E-state index contributed by atoms with van der Waals surface area (Å²) in [6.45, 7) is 6.81. The van der Waals surface area contributed by atoms with Crippen molar-refractivity contribution in [1.29, 1.82) is 0 Å². The lowest BCUT2D eigenvalue weighted by Gasteiger charge is -2.46. The fraction of sp³-hybridized carbons (Fsp3) is 1.00. The summed E-state index contributed by atoms with van der Waals surface area (Å²) in [6, 6.07) is 0.860. The summed E-state index contributed by atoms with van der Waals surface area (Å²) in [7, 11) is 0. The van der Waals surface area contributed by atoms with E-state index in [4.69, 9.17) is 5.73 Å². The Hall–Kier alpha value is -0.0800. The van der Waals surface area contributed by atoms with Crippen LogP contribution in [0, 0.1) is 5.92 Å². The van der Waals surface area contributed by atoms with E-state index < -0.39 is 0 Å². The Kier molecular flexibility index (Phi) is 5.08. The third-order valence-electron chi connectivity index (χ3n) is 5.65. The second-order valence-corrected chi connectivity index (χ2v) is 6.48. The van der Waals surface area contributed by atoms with Crippen LogP contribution in [0.25, 0.3) is 0 Å². The third kappa shape index (κ3) is 2.60. The van der Waals surface area contributed by atoms with E-state index >= 15 is 0 Å². The summed E-state index contributed by atoms with van der Waals surface area (Å²) in [5, 5.41) is 0. The zero-order chi connectivity index (χ0) is 13.0. The average molecular weight is 252 g/mol. The van der Waals surface area contributed by atoms with Gasteiger partial charge in [0.25, 0.3) is 0 Å². The van der Waals surface area contributed by atoms with Crippen LogP contribution in [0.1, 0.15) is 71.6 Å². The quantitative estimate of drug-likeness (QED) is 0.783. The van der Waals surface area contributed by atoms with Crippen LogP contribution in [0.5, 0.6) is 0 Å². The third-order valence-corrected chi connectivity index (χ3v) is 5.65. The SMILES string of the molecule is CCCCC(CC)(CN)N1CCC2CCCCC21. The normalized spacial score (nSPS) is 32.2. The molecule has 0 aromatic rings. The molecule has 2 heteroatoms. The molecule has 2 nitrogen and oxygen atoms in total. The molecule has 0 spiro atoms. The topological polar surface area (TPSA) is 29.3 Å². The number of fused-ring (bicyclic) bond motifs is 1. The highest BCUT2D eigenvalue weighted by atomic mass is 15.3. The fourth-order valence-corrected chi connectivity index (χ4v) is 4.39. The number of nitrogens with two attached hydrogens (primary N) is 1. The Bertz CT molecular complexity index is 247. The van der Waals surface area contributed by atoms with E-state index in [-0.39, 0.29) is 0 Å². The van der Waals surface area contributed by atoms with Crippen molar-refractivity contribution in [2.45, 2.75) is 83.2 Å². The van der Waals surface area contributed by atoms with E-state index in [1.165, 1.54) is 64.3 Å². The van der Waals surface area contributed by atoms with Crippen molar-refractivity contribution in [1.82, 2.24) is 4.90 Å². The lowest BCUT2D eigenvalue weighted by atomic mass is 9.81. The van der Waals surface area contributed by atoms with E-state index in [2.05, 4.69) is 18.7 Å². The highest BCUT2D eigenvalue weighted by Crippen LogP contribution is 2.42. The Morgan fingerprint density at radius 1 is 1.17 bits per heavy atom. The van der Waals surface area contributed by atoms with E-state index in [9.17, 15) is 0 Å². The van der Waals surface area contributed by atoms with Gasteiger partial charge in [-0.25, -0.2) is 0 Å². The lowest BCUT2D eigenvalue weighted by molar-refractivity contribution is 0.0426. The van der Waals surface area contributed by atoms with Crippen molar-refractivity contribution >= 4 is 0 Å². The Labute approximate surface area is 113 Å². The summed E-state index contributed by atoms with van der Waals surface area (Å²) in [5.74, 6) is 0.984. The van der Waals surface area contributed by atoms with Gasteiger partial charge in [0.05, 0.1) is 0 Å². The maximum Gasteiger partial charge on any atom is 0.0332 e. The minimum atomic E-state index is 0.312. The van der Waals surface area contributed by atoms with E-state index in [1.807, 2.05) is 0 Å². The first-order valence-corrected chi connectivity index (χ1v) is 8.24. The molecule has 1 aliphatic heterocycles. The first-order valence-electron chi connectivity index (χ1n) is 8.24. The molecular weight excluding hydrogens is 220 g/mol. The molecular formula is C16H32N2. The van der Waals surface area contributed by atoms with Gasteiger partial charge in [0, 0.05) is 18.1 Å². The second-order valence-electron chi connectivity index (χ2n) is 6.48. The van der Waals surface area contributed by atoms with Crippen molar-refractivity contribution < 1.29 is 0 Å². The molecule has 3 atom stereocenters. The Morgan fingerprint density at radius 3 is 2.61 bits per heavy atom. The summed E-state index contributed by atoms with van der Waals surface area (Å²) < 4.78 is 0. The number of likely N-dealkylation sites (tertiary alicyclic amines) is 1. The van der Waals surface area contributed by atoms with Crippen LogP contribution in [0.3, 0.4) is 0 Å². The molecule has 0 aromatic carbocycles. The van der Waals surface area contributed by atoms with Gasteiger partial charge in [-0.15, -0.1) is 0 Å². The van der Waals surface area contributed by atoms with E-state index in [0.717, 1.165) is 18.5 Å². The Morgan fingerprint density at radius 2 is 1.94 bits per heavy atom. The predicted octanol–water partition coefficient (Wildman–Crippen LogP) is 3.55. The zero-order valence-electron chi connectivity index (χ0n) is 12.5. The van der Waals surface area contributed by atoms with Gasteiger partial charge in [-0.2, -0.15) is 0 Å². The molecule has 0 aromatic heterocycles. The lowest BCUT2D eigenvalue weighted by Crippen LogP contribution is -2.56. The number of rotatable bonds is 6. The molecule has 1 heterocycles.